The second kappa shape index (κ2) is 9.63. The van der Waals surface area contributed by atoms with E-state index in [0.29, 0.717) is 6.54 Å². The zero-order chi connectivity index (χ0) is 20.0. The smallest absolute Gasteiger partial charge is 0.371 e. The molecule has 150 valence electrons. The molecule has 0 aromatic heterocycles. The Kier molecular flexibility index (Phi) is 8.45. The van der Waals surface area contributed by atoms with Crippen molar-refractivity contribution in [3.63, 3.8) is 0 Å². The summed E-state index contributed by atoms with van der Waals surface area (Å²) < 4.78 is 37.7. The molecule has 1 heterocycles. The zero-order valence-corrected chi connectivity index (χ0v) is 16.8. The van der Waals surface area contributed by atoms with Crippen LogP contribution in [0.25, 0.3) is 0 Å². The normalized spacial score (nSPS) is 23.4. The average Bonchev–Trinajstić information content (AvgIpc) is 2.55. The van der Waals surface area contributed by atoms with Crippen molar-refractivity contribution in [2.75, 3.05) is 13.1 Å². The summed E-state index contributed by atoms with van der Waals surface area (Å²) in [5, 5.41) is 0. The molecule has 0 radical (unpaired) electrons. The molecule has 1 rings (SSSR count). The highest BCUT2D eigenvalue weighted by Crippen LogP contribution is 2.42. The van der Waals surface area contributed by atoms with Crippen LogP contribution in [0.4, 0.5) is 13.2 Å². The molecule has 0 bridgehead atoms. The van der Waals surface area contributed by atoms with E-state index in [1.165, 1.54) is 0 Å². The van der Waals surface area contributed by atoms with Crippen LogP contribution < -0.4 is 5.73 Å². The van der Waals surface area contributed by atoms with Crippen molar-refractivity contribution in [2.45, 2.75) is 78.4 Å². The molecule has 0 saturated heterocycles. The molecule has 2 atom stereocenters. The van der Waals surface area contributed by atoms with Crippen molar-refractivity contribution in [3.8, 4) is 0 Å². The van der Waals surface area contributed by atoms with E-state index < -0.39 is 12.6 Å². The molecular formula is C21H35F3N2. The summed E-state index contributed by atoms with van der Waals surface area (Å²) in [6.07, 6.45) is 3.04. The lowest BCUT2D eigenvalue weighted by molar-refractivity contribution is -0.136. The van der Waals surface area contributed by atoms with Gasteiger partial charge >= 0.3 is 6.18 Å². The summed E-state index contributed by atoms with van der Waals surface area (Å²) in [6, 6.07) is -0.0691. The first-order chi connectivity index (χ1) is 12.1. The monoisotopic (exact) mass is 372 g/mol. The van der Waals surface area contributed by atoms with E-state index in [-0.39, 0.29) is 17.9 Å². The van der Waals surface area contributed by atoms with Crippen LogP contribution in [0.1, 0.15) is 66.2 Å². The molecular weight excluding hydrogens is 337 g/mol. The molecule has 0 saturated carbocycles. The first-order valence-electron chi connectivity index (χ1n) is 9.73. The summed E-state index contributed by atoms with van der Waals surface area (Å²) >= 11 is 0. The SMILES string of the molecule is C=CC1=C(/C=C(\CCC)C(C)N)N(CCCC(F)(F)F)CCC1(C)CC. The zero-order valence-electron chi connectivity index (χ0n) is 16.8. The number of nitrogens with zero attached hydrogens (tertiary/aromatic N) is 1. The van der Waals surface area contributed by atoms with Gasteiger partial charge in [0.1, 0.15) is 0 Å². The van der Waals surface area contributed by atoms with E-state index in [1.54, 1.807) is 0 Å². The van der Waals surface area contributed by atoms with Gasteiger partial charge in [0, 0.05) is 31.2 Å². The Hall–Kier alpha value is -1.23. The molecule has 2 nitrogen and oxygen atoms in total. The maximum Gasteiger partial charge on any atom is 0.389 e. The molecule has 0 aromatic rings. The van der Waals surface area contributed by atoms with Crippen LogP contribution in [-0.2, 0) is 0 Å². The van der Waals surface area contributed by atoms with Crippen LogP contribution in [-0.4, -0.2) is 30.2 Å². The number of hydrogen-bond acceptors (Lipinski definition) is 2. The van der Waals surface area contributed by atoms with E-state index in [4.69, 9.17) is 5.73 Å². The van der Waals surface area contributed by atoms with Gasteiger partial charge in [-0.3, -0.25) is 0 Å². The molecule has 1 aliphatic heterocycles. The molecule has 2 unspecified atom stereocenters. The van der Waals surface area contributed by atoms with Crippen molar-refractivity contribution < 1.29 is 13.2 Å². The Bertz CT molecular complexity index is 532. The Morgan fingerprint density at radius 1 is 1.38 bits per heavy atom. The van der Waals surface area contributed by atoms with E-state index in [2.05, 4.69) is 38.3 Å². The highest BCUT2D eigenvalue weighted by molar-refractivity contribution is 5.40. The van der Waals surface area contributed by atoms with Gasteiger partial charge < -0.3 is 10.6 Å². The predicted octanol–water partition coefficient (Wildman–Crippen LogP) is 5.96. The predicted molar refractivity (Wildman–Crippen MR) is 104 cm³/mol. The lowest BCUT2D eigenvalue weighted by Gasteiger charge is -2.42. The number of rotatable bonds is 9. The Morgan fingerprint density at radius 2 is 2.04 bits per heavy atom. The number of allylic oxidation sites excluding steroid dienone is 3. The number of alkyl halides is 3. The maximum atomic E-state index is 12.6. The highest BCUT2D eigenvalue weighted by atomic mass is 19.4. The second-order valence-electron chi connectivity index (χ2n) is 7.63. The van der Waals surface area contributed by atoms with Gasteiger partial charge in [-0.05, 0) is 49.7 Å². The molecule has 0 spiro atoms. The fourth-order valence-electron chi connectivity index (χ4n) is 3.60. The quantitative estimate of drug-likeness (QED) is 0.541. The van der Waals surface area contributed by atoms with Gasteiger partial charge in [-0.2, -0.15) is 13.2 Å². The van der Waals surface area contributed by atoms with E-state index in [9.17, 15) is 13.2 Å². The van der Waals surface area contributed by atoms with Crippen molar-refractivity contribution in [3.05, 3.63) is 35.6 Å². The van der Waals surface area contributed by atoms with Gasteiger partial charge in [0.2, 0.25) is 0 Å². The van der Waals surface area contributed by atoms with Crippen LogP contribution in [0.3, 0.4) is 0 Å². The van der Waals surface area contributed by atoms with Gasteiger partial charge in [-0.1, -0.05) is 45.4 Å². The van der Waals surface area contributed by atoms with E-state index in [0.717, 1.165) is 49.1 Å². The van der Waals surface area contributed by atoms with Gasteiger partial charge in [-0.15, -0.1) is 0 Å². The van der Waals surface area contributed by atoms with Gasteiger partial charge in [0.05, 0.1) is 0 Å². The summed E-state index contributed by atoms with van der Waals surface area (Å²) in [5.74, 6) is 0. The molecule has 0 aromatic carbocycles. The lowest BCUT2D eigenvalue weighted by atomic mass is 9.73. The van der Waals surface area contributed by atoms with Crippen molar-refractivity contribution >= 4 is 0 Å². The fourth-order valence-corrected chi connectivity index (χ4v) is 3.60. The first kappa shape index (κ1) is 22.8. The average molecular weight is 373 g/mol. The minimum absolute atomic E-state index is 0.00325. The molecule has 26 heavy (non-hydrogen) atoms. The second-order valence-corrected chi connectivity index (χ2v) is 7.63. The summed E-state index contributed by atoms with van der Waals surface area (Å²) in [7, 11) is 0. The Labute approximate surface area is 157 Å². The Balaban J connectivity index is 3.26. The van der Waals surface area contributed by atoms with Gasteiger partial charge in [-0.25, -0.2) is 0 Å². The van der Waals surface area contributed by atoms with E-state index >= 15 is 0 Å². The fraction of sp³-hybridized carbons (Fsp3) is 0.714. The topological polar surface area (TPSA) is 29.3 Å². The number of halogens is 3. The molecule has 0 aliphatic carbocycles. The van der Waals surface area contributed by atoms with Crippen molar-refractivity contribution in [1.29, 1.82) is 0 Å². The standard InChI is InChI=1S/C21H35F3N2/c1-6-10-17(16(4)25)15-19-18(7-2)20(5,8-3)12-14-26(19)13-9-11-21(22,23)24/h7,15-16H,2,6,8-14,25H2,1,3-5H3/b17-15+. The van der Waals surface area contributed by atoms with Gasteiger partial charge in [0.15, 0.2) is 0 Å². The first-order valence-corrected chi connectivity index (χ1v) is 9.73. The van der Waals surface area contributed by atoms with Crippen molar-refractivity contribution in [1.82, 2.24) is 4.90 Å². The Morgan fingerprint density at radius 3 is 2.50 bits per heavy atom. The summed E-state index contributed by atoms with van der Waals surface area (Å²) in [5.41, 5.74) is 9.43. The third kappa shape index (κ3) is 6.19. The van der Waals surface area contributed by atoms with Crippen LogP contribution in [0.15, 0.2) is 35.6 Å². The number of hydrogen-bond donors (Lipinski definition) is 1. The van der Waals surface area contributed by atoms with Crippen molar-refractivity contribution in [2.24, 2.45) is 11.1 Å². The molecule has 0 fully saturated rings. The van der Waals surface area contributed by atoms with Crippen LogP contribution in [0.5, 0.6) is 0 Å². The largest absolute Gasteiger partial charge is 0.389 e. The van der Waals surface area contributed by atoms with E-state index in [1.807, 2.05) is 13.0 Å². The summed E-state index contributed by atoms with van der Waals surface area (Å²) in [6.45, 7) is 13.6. The maximum absolute atomic E-state index is 12.6. The minimum Gasteiger partial charge on any atom is -0.371 e. The molecule has 1 aliphatic rings. The van der Waals surface area contributed by atoms with Crippen LogP contribution >= 0.6 is 0 Å². The lowest BCUT2D eigenvalue weighted by Crippen LogP contribution is -2.38. The minimum atomic E-state index is -4.10. The third-order valence-corrected chi connectivity index (χ3v) is 5.52. The molecule has 2 N–H and O–H groups in total. The summed E-state index contributed by atoms with van der Waals surface area (Å²) in [4.78, 5) is 2.10. The van der Waals surface area contributed by atoms with Crippen LogP contribution in [0, 0.1) is 5.41 Å². The van der Waals surface area contributed by atoms with Gasteiger partial charge in [0.25, 0.3) is 0 Å². The molecule has 5 heteroatoms. The third-order valence-electron chi connectivity index (χ3n) is 5.52. The highest BCUT2D eigenvalue weighted by Gasteiger charge is 2.34. The molecule has 0 amide bonds. The van der Waals surface area contributed by atoms with Crippen LogP contribution in [0.2, 0.25) is 0 Å². The number of nitrogens with two attached hydrogens (primary N) is 1.